The van der Waals surface area contributed by atoms with Crippen molar-refractivity contribution in [2.24, 2.45) is 11.7 Å². The van der Waals surface area contributed by atoms with Crippen LogP contribution in [0, 0.1) is 5.92 Å². The van der Waals surface area contributed by atoms with Gasteiger partial charge in [-0.3, -0.25) is 4.79 Å². The molecule has 1 fully saturated rings. The minimum atomic E-state index is -0.00298. The van der Waals surface area contributed by atoms with Crippen LogP contribution in [0.25, 0.3) is 0 Å². The lowest BCUT2D eigenvalue weighted by Crippen LogP contribution is -2.33. The fourth-order valence-electron chi connectivity index (χ4n) is 2.57. The first-order valence-electron chi connectivity index (χ1n) is 6.69. The van der Waals surface area contributed by atoms with Crippen molar-refractivity contribution in [3.05, 3.63) is 12.2 Å². The average Bonchev–Trinajstić information content (AvgIpc) is 2.95. The summed E-state index contributed by atoms with van der Waals surface area (Å²) in [6.45, 7) is 4.36. The van der Waals surface area contributed by atoms with Crippen LogP contribution in [0.3, 0.4) is 0 Å². The van der Waals surface area contributed by atoms with Crippen molar-refractivity contribution in [2.45, 2.75) is 31.7 Å². The molecule has 4 heteroatoms. The maximum atomic E-state index is 11.8. The molecule has 0 aromatic heterocycles. The van der Waals surface area contributed by atoms with Crippen LogP contribution in [-0.4, -0.2) is 43.0 Å². The van der Waals surface area contributed by atoms with Gasteiger partial charge in [-0.25, -0.2) is 0 Å². The number of carbonyl (C=O) groups is 1. The lowest BCUT2D eigenvalue weighted by molar-refractivity contribution is -0.123. The van der Waals surface area contributed by atoms with E-state index in [4.69, 9.17) is 5.73 Å². The highest BCUT2D eigenvalue weighted by molar-refractivity contribution is 5.81. The number of likely N-dealkylation sites (tertiary alicyclic amines) is 1. The summed E-state index contributed by atoms with van der Waals surface area (Å²) in [5.74, 6) is 0.132. The van der Waals surface area contributed by atoms with Gasteiger partial charge in [-0.05, 0) is 45.3 Å². The molecule has 0 aromatic rings. The van der Waals surface area contributed by atoms with E-state index in [9.17, 15) is 4.79 Å². The number of nitrogens with zero attached hydrogens (tertiary/aromatic N) is 1. The number of carbonyl (C=O) groups excluding carboxylic acids is 1. The normalized spacial score (nSPS) is 28.8. The second-order valence-corrected chi connectivity index (χ2v) is 5.08. The van der Waals surface area contributed by atoms with E-state index >= 15 is 0 Å². The topological polar surface area (TPSA) is 58.4 Å². The van der Waals surface area contributed by atoms with E-state index in [1.165, 1.54) is 25.9 Å². The Bertz CT molecular complexity index is 284. The molecule has 0 aromatic carbocycles. The summed E-state index contributed by atoms with van der Waals surface area (Å²) in [6.07, 6.45) is 8.33. The third-order valence-electron chi connectivity index (χ3n) is 3.60. The lowest BCUT2D eigenvalue weighted by Gasteiger charge is -2.15. The van der Waals surface area contributed by atoms with Crippen LogP contribution in [0.2, 0.25) is 0 Å². The molecule has 4 nitrogen and oxygen atoms in total. The Labute approximate surface area is 103 Å². The van der Waals surface area contributed by atoms with E-state index in [1.54, 1.807) is 0 Å². The highest BCUT2D eigenvalue weighted by Gasteiger charge is 2.22. The largest absolute Gasteiger partial charge is 0.356 e. The summed E-state index contributed by atoms with van der Waals surface area (Å²) in [6, 6.07) is 0.0651. The molecule has 0 bridgehead atoms. The molecular formula is C13H23N3O. The Hall–Kier alpha value is -0.870. The van der Waals surface area contributed by atoms with Gasteiger partial charge in [0, 0.05) is 12.6 Å². The number of hydrogen-bond donors (Lipinski definition) is 2. The molecule has 2 unspecified atom stereocenters. The van der Waals surface area contributed by atoms with Gasteiger partial charge < -0.3 is 16.0 Å². The van der Waals surface area contributed by atoms with Crippen molar-refractivity contribution in [3.8, 4) is 0 Å². The Morgan fingerprint density at radius 1 is 1.35 bits per heavy atom. The Balaban J connectivity index is 1.55. The van der Waals surface area contributed by atoms with Crippen LogP contribution in [0.15, 0.2) is 12.2 Å². The molecule has 2 rings (SSSR count). The second-order valence-electron chi connectivity index (χ2n) is 5.08. The molecule has 3 N–H and O–H groups in total. The fourth-order valence-corrected chi connectivity index (χ4v) is 2.57. The van der Waals surface area contributed by atoms with Crippen molar-refractivity contribution in [1.82, 2.24) is 10.2 Å². The fraction of sp³-hybridized carbons (Fsp3) is 0.769. The van der Waals surface area contributed by atoms with Gasteiger partial charge in [0.15, 0.2) is 0 Å². The van der Waals surface area contributed by atoms with Crippen molar-refractivity contribution in [1.29, 1.82) is 0 Å². The minimum absolute atomic E-state index is 0.00298. The molecule has 0 saturated carbocycles. The highest BCUT2D eigenvalue weighted by Crippen LogP contribution is 2.16. The predicted octanol–water partition coefficient (Wildman–Crippen LogP) is 0.492. The van der Waals surface area contributed by atoms with Gasteiger partial charge in [0.1, 0.15) is 0 Å². The molecule has 1 amide bonds. The number of nitrogens with two attached hydrogens (primary N) is 1. The maximum absolute atomic E-state index is 11.8. The summed E-state index contributed by atoms with van der Waals surface area (Å²) < 4.78 is 0. The molecule has 1 aliphatic carbocycles. The minimum Gasteiger partial charge on any atom is -0.356 e. The molecule has 2 atom stereocenters. The molecule has 0 radical (unpaired) electrons. The van der Waals surface area contributed by atoms with Crippen LogP contribution in [0.1, 0.15) is 25.7 Å². The highest BCUT2D eigenvalue weighted by atomic mass is 16.1. The zero-order valence-corrected chi connectivity index (χ0v) is 10.4. The molecule has 96 valence electrons. The summed E-state index contributed by atoms with van der Waals surface area (Å²) in [5, 5.41) is 3.00. The Kier molecular flexibility index (Phi) is 4.57. The van der Waals surface area contributed by atoms with Crippen molar-refractivity contribution in [3.63, 3.8) is 0 Å². The first-order chi connectivity index (χ1) is 8.25. The van der Waals surface area contributed by atoms with Gasteiger partial charge in [0.05, 0.1) is 5.92 Å². The van der Waals surface area contributed by atoms with Gasteiger partial charge in [-0.15, -0.1) is 0 Å². The van der Waals surface area contributed by atoms with Crippen LogP contribution in [-0.2, 0) is 4.79 Å². The van der Waals surface area contributed by atoms with Crippen molar-refractivity contribution >= 4 is 5.91 Å². The third kappa shape index (κ3) is 3.82. The zero-order valence-electron chi connectivity index (χ0n) is 10.4. The van der Waals surface area contributed by atoms with Gasteiger partial charge in [-0.2, -0.15) is 0 Å². The zero-order chi connectivity index (χ0) is 12.1. The van der Waals surface area contributed by atoms with E-state index in [1.807, 2.05) is 12.2 Å². The standard InChI is InChI=1S/C13H23N3O/c14-12-5-4-11(10-12)13(17)15-6-3-9-16-7-1-2-8-16/h4-5,11-12H,1-3,6-10,14H2,(H,15,17). The Morgan fingerprint density at radius 2 is 2.12 bits per heavy atom. The Morgan fingerprint density at radius 3 is 2.76 bits per heavy atom. The van der Waals surface area contributed by atoms with Crippen LogP contribution in [0.5, 0.6) is 0 Å². The monoisotopic (exact) mass is 237 g/mol. The number of rotatable bonds is 5. The van der Waals surface area contributed by atoms with E-state index in [0.717, 1.165) is 25.9 Å². The van der Waals surface area contributed by atoms with Gasteiger partial charge in [0.2, 0.25) is 5.91 Å². The van der Waals surface area contributed by atoms with E-state index in [0.29, 0.717) is 0 Å². The van der Waals surface area contributed by atoms with Crippen LogP contribution >= 0.6 is 0 Å². The summed E-state index contributed by atoms with van der Waals surface area (Å²) in [7, 11) is 0. The van der Waals surface area contributed by atoms with Gasteiger partial charge in [-0.1, -0.05) is 12.2 Å². The quantitative estimate of drug-likeness (QED) is 0.540. The number of amides is 1. The molecule has 17 heavy (non-hydrogen) atoms. The van der Waals surface area contributed by atoms with Gasteiger partial charge in [0.25, 0.3) is 0 Å². The molecule has 1 aliphatic heterocycles. The van der Waals surface area contributed by atoms with Gasteiger partial charge >= 0.3 is 0 Å². The number of nitrogens with one attached hydrogen (secondary N) is 1. The van der Waals surface area contributed by atoms with Crippen molar-refractivity contribution < 1.29 is 4.79 Å². The predicted molar refractivity (Wildman–Crippen MR) is 68.5 cm³/mol. The van der Waals surface area contributed by atoms with Crippen LogP contribution in [0.4, 0.5) is 0 Å². The SMILES string of the molecule is NC1C=CC(C(=O)NCCCN2CCCC2)C1. The lowest BCUT2D eigenvalue weighted by atomic mass is 10.1. The summed E-state index contributed by atoms with van der Waals surface area (Å²) in [5.41, 5.74) is 5.73. The molecular weight excluding hydrogens is 214 g/mol. The second kappa shape index (κ2) is 6.17. The number of hydrogen-bond acceptors (Lipinski definition) is 3. The smallest absolute Gasteiger partial charge is 0.226 e. The first kappa shape index (κ1) is 12.6. The van der Waals surface area contributed by atoms with Crippen molar-refractivity contribution in [2.75, 3.05) is 26.2 Å². The summed E-state index contributed by atoms with van der Waals surface area (Å²) in [4.78, 5) is 14.2. The van der Waals surface area contributed by atoms with E-state index in [2.05, 4.69) is 10.2 Å². The average molecular weight is 237 g/mol. The molecule has 2 aliphatic rings. The summed E-state index contributed by atoms with van der Waals surface area (Å²) >= 11 is 0. The molecule has 1 saturated heterocycles. The van der Waals surface area contributed by atoms with E-state index < -0.39 is 0 Å². The third-order valence-corrected chi connectivity index (χ3v) is 3.60. The van der Waals surface area contributed by atoms with E-state index in [-0.39, 0.29) is 17.9 Å². The maximum Gasteiger partial charge on any atom is 0.226 e. The first-order valence-corrected chi connectivity index (χ1v) is 6.69. The molecule has 1 heterocycles. The molecule has 0 spiro atoms. The van der Waals surface area contributed by atoms with Crippen LogP contribution < -0.4 is 11.1 Å².